The molecule has 1 aliphatic rings. The molecule has 1 aromatic heterocycles. The lowest BCUT2D eigenvalue weighted by atomic mass is 10.0. The zero-order chi connectivity index (χ0) is 22.3. The van der Waals surface area contributed by atoms with Crippen molar-refractivity contribution in [1.82, 2.24) is 4.98 Å². The van der Waals surface area contributed by atoms with Gasteiger partial charge in [0.2, 0.25) is 26.6 Å². The summed E-state index contributed by atoms with van der Waals surface area (Å²) in [6, 6.07) is 19.5. The molecule has 0 saturated carbocycles. The number of nitrogens with zero attached hydrogens (tertiary/aromatic N) is 2. The van der Waals surface area contributed by atoms with Crippen LogP contribution in [0.15, 0.2) is 87.1 Å². The fourth-order valence-electron chi connectivity index (χ4n) is 3.78. The monoisotopic (exact) mass is 468 g/mol. The fraction of sp³-hybridized carbons (Fsp3) is 0.125. The number of benzene rings is 3. The summed E-state index contributed by atoms with van der Waals surface area (Å²) in [5.74, 6) is -0.163. The van der Waals surface area contributed by atoms with Crippen LogP contribution in [0.3, 0.4) is 0 Å². The Balaban J connectivity index is 1.63. The molecule has 0 unspecified atom stereocenters. The second-order valence-corrected chi connectivity index (χ2v) is 9.84. The molecule has 5 nitrogen and oxygen atoms in total. The van der Waals surface area contributed by atoms with Crippen LogP contribution in [0, 0.1) is 5.82 Å². The van der Waals surface area contributed by atoms with Crippen LogP contribution in [0.2, 0.25) is 5.02 Å². The summed E-state index contributed by atoms with van der Waals surface area (Å²) in [6.07, 6.45) is 0.753. The van der Waals surface area contributed by atoms with Gasteiger partial charge in [-0.15, -0.1) is 0 Å². The third kappa shape index (κ3) is 3.78. The van der Waals surface area contributed by atoms with Crippen molar-refractivity contribution in [2.24, 2.45) is 0 Å². The molecule has 2 heterocycles. The molecule has 0 atom stereocenters. The Labute approximate surface area is 190 Å². The van der Waals surface area contributed by atoms with E-state index in [0.717, 1.165) is 24.1 Å². The summed E-state index contributed by atoms with van der Waals surface area (Å²) >= 11 is 5.98. The first kappa shape index (κ1) is 20.7. The van der Waals surface area contributed by atoms with E-state index in [-0.39, 0.29) is 21.7 Å². The highest BCUT2D eigenvalue weighted by Gasteiger charge is 2.32. The van der Waals surface area contributed by atoms with E-state index < -0.39 is 15.7 Å². The van der Waals surface area contributed by atoms with Crippen molar-refractivity contribution in [2.75, 3.05) is 11.4 Å². The van der Waals surface area contributed by atoms with E-state index in [0.29, 0.717) is 23.7 Å². The molecule has 0 spiro atoms. The van der Waals surface area contributed by atoms with Gasteiger partial charge in [-0.05, 0) is 66.1 Å². The Morgan fingerprint density at radius 2 is 1.62 bits per heavy atom. The van der Waals surface area contributed by atoms with Crippen molar-refractivity contribution in [3.05, 3.63) is 94.8 Å². The Kier molecular flexibility index (Phi) is 5.23. The zero-order valence-corrected chi connectivity index (χ0v) is 18.4. The van der Waals surface area contributed by atoms with Gasteiger partial charge in [-0.1, -0.05) is 35.9 Å². The second-order valence-electron chi connectivity index (χ2n) is 7.53. The van der Waals surface area contributed by atoms with Crippen LogP contribution in [0.1, 0.15) is 11.1 Å². The second kappa shape index (κ2) is 8.07. The SMILES string of the molecule is O=S(=O)(c1ccc(F)cc1)c1nc(-c2ccc(Cl)cc2)oc1N1CCc2ccccc2C1. The van der Waals surface area contributed by atoms with Gasteiger partial charge < -0.3 is 9.32 Å². The number of anilines is 1. The molecule has 0 fully saturated rings. The molecule has 1 aliphatic heterocycles. The Bertz CT molecular complexity index is 1380. The lowest BCUT2D eigenvalue weighted by Crippen LogP contribution is -2.31. The number of rotatable bonds is 4. The molecule has 0 bridgehead atoms. The van der Waals surface area contributed by atoms with E-state index in [1.165, 1.54) is 17.7 Å². The lowest BCUT2D eigenvalue weighted by molar-refractivity contribution is 0.533. The van der Waals surface area contributed by atoms with Crippen LogP contribution in [0.25, 0.3) is 11.5 Å². The van der Waals surface area contributed by atoms with Gasteiger partial charge in [0.15, 0.2) is 0 Å². The van der Waals surface area contributed by atoms with Crippen LogP contribution in [0.4, 0.5) is 10.3 Å². The minimum absolute atomic E-state index is 0.0477. The quantitative estimate of drug-likeness (QED) is 0.368. The smallest absolute Gasteiger partial charge is 0.236 e. The number of halogens is 2. The van der Waals surface area contributed by atoms with Crippen molar-refractivity contribution in [3.8, 4) is 11.5 Å². The van der Waals surface area contributed by atoms with Gasteiger partial charge in [0.25, 0.3) is 0 Å². The standard InChI is InChI=1S/C24H18ClFN2O3S/c25-19-7-5-17(6-8-19)22-27-23(32(29,30)21-11-9-20(26)10-12-21)24(31-22)28-14-13-16-3-1-2-4-18(16)15-28/h1-12H,13-15H2. The molecule has 0 amide bonds. The van der Waals surface area contributed by atoms with Gasteiger partial charge in [0.1, 0.15) is 5.82 Å². The van der Waals surface area contributed by atoms with Crippen molar-refractivity contribution in [2.45, 2.75) is 22.9 Å². The minimum Gasteiger partial charge on any atom is -0.419 e. The lowest BCUT2D eigenvalue weighted by Gasteiger charge is -2.28. The highest BCUT2D eigenvalue weighted by atomic mass is 35.5. The topological polar surface area (TPSA) is 63.4 Å². The molecule has 4 aromatic rings. The van der Waals surface area contributed by atoms with Gasteiger partial charge >= 0.3 is 0 Å². The van der Waals surface area contributed by atoms with Gasteiger partial charge in [-0.2, -0.15) is 4.98 Å². The predicted octanol–water partition coefficient (Wildman–Crippen LogP) is 5.53. The van der Waals surface area contributed by atoms with Crippen molar-refractivity contribution >= 4 is 27.3 Å². The number of hydrogen-bond donors (Lipinski definition) is 0. The van der Waals surface area contributed by atoms with E-state index in [1.54, 1.807) is 24.3 Å². The maximum absolute atomic E-state index is 13.5. The van der Waals surface area contributed by atoms with Gasteiger partial charge in [0, 0.05) is 23.7 Å². The molecular formula is C24H18ClFN2O3S. The highest BCUT2D eigenvalue weighted by Crippen LogP contribution is 2.37. The first-order valence-corrected chi connectivity index (χ1v) is 11.9. The molecule has 0 radical (unpaired) electrons. The molecule has 0 saturated heterocycles. The van der Waals surface area contributed by atoms with Crippen LogP contribution in [-0.2, 0) is 22.8 Å². The predicted molar refractivity (Wildman–Crippen MR) is 120 cm³/mol. The van der Waals surface area contributed by atoms with Crippen LogP contribution in [0.5, 0.6) is 0 Å². The number of hydrogen-bond acceptors (Lipinski definition) is 5. The first-order chi connectivity index (χ1) is 15.4. The molecule has 0 N–H and O–H groups in total. The number of oxazole rings is 1. The zero-order valence-electron chi connectivity index (χ0n) is 16.8. The van der Waals surface area contributed by atoms with E-state index in [1.807, 2.05) is 23.1 Å². The molecular weight excluding hydrogens is 451 g/mol. The third-order valence-corrected chi connectivity index (χ3v) is 7.39. The van der Waals surface area contributed by atoms with Gasteiger partial charge in [-0.25, -0.2) is 12.8 Å². The average Bonchev–Trinajstić information content (AvgIpc) is 3.26. The number of aromatic nitrogens is 1. The molecule has 162 valence electrons. The molecule has 32 heavy (non-hydrogen) atoms. The van der Waals surface area contributed by atoms with Crippen LogP contribution in [-0.4, -0.2) is 19.9 Å². The maximum atomic E-state index is 13.5. The fourth-order valence-corrected chi connectivity index (χ4v) is 5.23. The number of fused-ring (bicyclic) bond motifs is 1. The van der Waals surface area contributed by atoms with E-state index in [9.17, 15) is 12.8 Å². The van der Waals surface area contributed by atoms with E-state index in [4.69, 9.17) is 16.0 Å². The van der Waals surface area contributed by atoms with E-state index in [2.05, 4.69) is 11.1 Å². The summed E-state index contributed by atoms with van der Waals surface area (Å²) < 4.78 is 46.4. The maximum Gasteiger partial charge on any atom is 0.236 e. The van der Waals surface area contributed by atoms with Crippen LogP contribution < -0.4 is 4.90 Å². The molecule has 5 rings (SSSR count). The molecule has 8 heteroatoms. The average molecular weight is 469 g/mol. The van der Waals surface area contributed by atoms with Crippen molar-refractivity contribution < 1.29 is 17.2 Å². The summed E-state index contributed by atoms with van der Waals surface area (Å²) in [5.41, 5.74) is 2.94. The van der Waals surface area contributed by atoms with Crippen molar-refractivity contribution in [1.29, 1.82) is 0 Å². The molecule has 3 aromatic carbocycles. The highest BCUT2D eigenvalue weighted by molar-refractivity contribution is 7.91. The van der Waals surface area contributed by atoms with Crippen LogP contribution >= 0.6 is 11.6 Å². The Morgan fingerprint density at radius 3 is 2.34 bits per heavy atom. The minimum atomic E-state index is -4.05. The molecule has 0 aliphatic carbocycles. The summed E-state index contributed by atoms with van der Waals surface area (Å²) in [5, 5.41) is 0.362. The largest absolute Gasteiger partial charge is 0.419 e. The number of sulfone groups is 1. The Hall–Kier alpha value is -3.16. The van der Waals surface area contributed by atoms with Gasteiger partial charge in [0.05, 0.1) is 4.90 Å². The summed E-state index contributed by atoms with van der Waals surface area (Å²) in [7, 11) is -4.05. The van der Waals surface area contributed by atoms with E-state index >= 15 is 0 Å². The van der Waals surface area contributed by atoms with Crippen molar-refractivity contribution in [3.63, 3.8) is 0 Å². The Morgan fingerprint density at radius 1 is 0.938 bits per heavy atom. The normalized spacial score (nSPS) is 13.8. The third-order valence-electron chi connectivity index (χ3n) is 5.47. The summed E-state index contributed by atoms with van der Waals surface area (Å²) in [4.78, 5) is 6.21. The van der Waals surface area contributed by atoms with Gasteiger partial charge in [-0.3, -0.25) is 0 Å². The summed E-state index contributed by atoms with van der Waals surface area (Å²) in [6.45, 7) is 1.08. The first-order valence-electron chi connectivity index (χ1n) is 10.0.